The molecule has 0 saturated carbocycles. The van der Waals surface area contributed by atoms with Crippen LogP contribution in [0.5, 0.6) is 5.88 Å². The topological polar surface area (TPSA) is 93.5 Å². The summed E-state index contributed by atoms with van der Waals surface area (Å²) in [6, 6.07) is 8.15. The van der Waals surface area contributed by atoms with E-state index in [1.807, 2.05) is 38.2 Å². The molecule has 156 valence electrons. The second kappa shape index (κ2) is 8.52. The highest BCUT2D eigenvalue weighted by atomic mass is 16.5. The van der Waals surface area contributed by atoms with Gasteiger partial charge in [-0.1, -0.05) is 6.92 Å². The molecule has 2 N–H and O–H groups in total. The van der Waals surface area contributed by atoms with Gasteiger partial charge >= 0.3 is 0 Å². The van der Waals surface area contributed by atoms with Crippen LogP contribution in [0.1, 0.15) is 44.6 Å². The molecule has 0 spiro atoms. The molecule has 0 saturated heterocycles. The molecule has 4 heterocycles. The van der Waals surface area contributed by atoms with Crippen molar-refractivity contribution in [2.45, 2.75) is 46.7 Å². The first-order chi connectivity index (χ1) is 14.6. The first-order valence-corrected chi connectivity index (χ1v) is 10.3. The molecule has 30 heavy (non-hydrogen) atoms. The molecular formula is C22H27N7O. The van der Waals surface area contributed by atoms with Crippen molar-refractivity contribution in [1.29, 1.82) is 0 Å². The smallest absolute Gasteiger partial charge is 0.222 e. The minimum atomic E-state index is 0.261. The summed E-state index contributed by atoms with van der Waals surface area (Å²) in [5.41, 5.74) is 6.34. The molecule has 0 aliphatic carbocycles. The number of rotatable bonds is 8. The van der Waals surface area contributed by atoms with E-state index in [9.17, 15) is 0 Å². The molecule has 8 nitrogen and oxygen atoms in total. The number of pyridine rings is 2. The van der Waals surface area contributed by atoms with Crippen LogP contribution in [0.15, 0.2) is 36.7 Å². The number of H-pyrrole nitrogens is 1. The SMILES string of the molecule is CCOc1ncccc1-c1cc(NCc2cc[nH]n2)c2c(n1)c(C)nn2[C@@H](C)CC. The molecule has 0 fully saturated rings. The Morgan fingerprint density at radius 1 is 1.27 bits per heavy atom. The number of nitrogens with zero attached hydrogens (tertiary/aromatic N) is 5. The Morgan fingerprint density at radius 2 is 2.13 bits per heavy atom. The van der Waals surface area contributed by atoms with Crippen molar-refractivity contribution in [3.05, 3.63) is 48.0 Å². The minimum Gasteiger partial charge on any atom is -0.477 e. The molecule has 4 rings (SSSR count). The van der Waals surface area contributed by atoms with E-state index in [2.05, 4.69) is 45.1 Å². The average Bonchev–Trinajstić information content (AvgIpc) is 3.40. The van der Waals surface area contributed by atoms with E-state index in [-0.39, 0.29) is 6.04 Å². The third-order valence-electron chi connectivity index (χ3n) is 5.18. The number of aromatic amines is 1. The normalized spacial score (nSPS) is 12.3. The Hall–Kier alpha value is -3.42. The molecule has 0 aromatic carbocycles. The summed E-state index contributed by atoms with van der Waals surface area (Å²) >= 11 is 0. The fourth-order valence-electron chi connectivity index (χ4n) is 3.46. The van der Waals surface area contributed by atoms with E-state index in [1.54, 1.807) is 6.20 Å². The van der Waals surface area contributed by atoms with E-state index in [0.29, 0.717) is 19.0 Å². The predicted octanol–water partition coefficient (Wildman–Crippen LogP) is 4.51. The first-order valence-electron chi connectivity index (χ1n) is 10.3. The van der Waals surface area contributed by atoms with Gasteiger partial charge in [0.2, 0.25) is 5.88 Å². The van der Waals surface area contributed by atoms with Crippen LogP contribution in [0, 0.1) is 6.92 Å². The largest absolute Gasteiger partial charge is 0.477 e. The highest BCUT2D eigenvalue weighted by Gasteiger charge is 2.20. The number of hydrogen-bond acceptors (Lipinski definition) is 6. The number of fused-ring (bicyclic) bond motifs is 1. The predicted molar refractivity (Wildman–Crippen MR) is 118 cm³/mol. The maximum absolute atomic E-state index is 5.75. The third kappa shape index (κ3) is 3.72. The van der Waals surface area contributed by atoms with Gasteiger partial charge in [0.1, 0.15) is 11.0 Å². The third-order valence-corrected chi connectivity index (χ3v) is 5.18. The van der Waals surface area contributed by atoms with Crippen molar-refractivity contribution in [2.75, 3.05) is 11.9 Å². The summed E-state index contributed by atoms with van der Waals surface area (Å²) in [6.45, 7) is 9.43. The van der Waals surface area contributed by atoms with E-state index in [1.165, 1.54) is 0 Å². The van der Waals surface area contributed by atoms with Crippen LogP contribution >= 0.6 is 0 Å². The minimum absolute atomic E-state index is 0.261. The number of ether oxygens (including phenoxy) is 1. The molecular weight excluding hydrogens is 378 g/mol. The number of hydrogen-bond donors (Lipinski definition) is 2. The molecule has 4 aromatic rings. The Balaban J connectivity index is 1.88. The van der Waals surface area contributed by atoms with Crippen LogP contribution in [0.4, 0.5) is 5.69 Å². The Bertz CT molecular complexity index is 1130. The van der Waals surface area contributed by atoms with Gasteiger partial charge < -0.3 is 10.1 Å². The molecule has 0 aliphatic heterocycles. The standard InChI is InChI=1S/C22H27N7O/c1-5-14(3)29-21-19(24-13-16-9-11-25-27-16)12-18(26-20(21)15(4)28-29)17-8-7-10-23-22(17)30-6-2/h7-12,14H,5-6,13H2,1-4H3,(H,24,26)(H,25,27)/t14-/m0/s1. The van der Waals surface area contributed by atoms with Crippen LogP contribution in [0.2, 0.25) is 0 Å². The van der Waals surface area contributed by atoms with E-state index < -0.39 is 0 Å². The summed E-state index contributed by atoms with van der Waals surface area (Å²) in [5.74, 6) is 0.581. The zero-order chi connectivity index (χ0) is 21.1. The molecule has 0 radical (unpaired) electrons. The van der Waals surface area contributed by atoms with Crippen molar-refractivity contribution in [2.24, 2.45) is 0 Å². The first kappa shape index (κ1) is 19.9. The van der Waals surface area contributed by atoms with Gasteiger partial charge in [0.25, 0.3) is 0 Å². The monoisotopic (exact) mass is 405 g/mol. The second-order valence-corrected chi connectivity index (χ2v) is 7.25. The average molecular weight is 406 g/mol. The molecule has 0 amide bonds. The van der Waals surface area contributed by atoms with Gasteiger partial charge in [-0.25, -0.2) is 9.97 Å². The van der Waals surface area contributed by atoms with Crippen molar-refractivity contribution in [3.63, 3.8) is 0 Å². The van der Waals surface area contributed by atoms with Crippen molar-refractivity contribution in [3.8, 4) is 17.1 Å². The zero-order valence-electron chi connectivity index (χ0n) is 17.8. The Kier molecular flexibility index (Phi) is 5.65. The van der Waals surface area contributed by atoms with Crippen LogP contribution in [-0.2, 0) is 6.54 Å². The van der Waals surface area contributed by atoms with Crippen LogP contribution in [0.3, 0.4) is 0 Å². The van der Waals surface area contributed by atoms with Gasteiger partial charge in [-0.2, -0.15) is 10.2 Å². The highest BCUT2D eigenvalue weighted by molar-refractivity contribution is 5.93. The van der Waals surface area contributed by atoms with Gasteiger partial charge in [-0.05, 0) is 51.5 Å². The molecule has 0 bridgehead atoms. The fourth-order valence-corrected chi connectivity index (χ4v) is 3.46. The van der Waals surface area contributed by atoms with Gasteiger partial charge in [0.15, 0.2) is 0 Å². The summed E-state index contributed by atoms with van der Waals surface area (Å²) in [5, 5.41) is 15.5. The summed E-state index contributed by atoms with van der Waals surface area (Å²) in [7, 11) is 0. The lowest BCUT2D eigenvalue weighted by molar-refractivity contribution is 0.328. The van der Waals surface area contributed by atoms with Crippen molar-refractivity contribution < 1.29 is 4.74 Å². The lowest BCUT2D eigenvalue weighted by Crippen LogP contribution is -2.09. The molecule has 1 atom stereocenters. The lowest BCUT2D eigenvalue weighted by atomic mass is 10.1. The van der Waals surface area contributed by atoms with Crippen LogP contribution < -0.4 is 10.1 Å². The lowest BCUT2D eigenvalue weighted by Gasteiger charge is -2.16. The number of nitrogens with one attached hydrogen (secondary N) is 2. The Labute approximate surface area is 175 Å². The maximum atomic E-state index is 5.75. The summed E-state index contributed by atoms with van der Waals surface area (Å²) in [4.78, 5) is 9.36. The fraction of sp³-hybridized carbons (Fsp3) is 0.364. The Morgan fingerprint density at radius 3 is 2.87 bits per heavy atom. The maximum Gasteiger partial charge on any atom is 0.222 e. The number of aryl methyl sites for hydroxylation is 1. The second-order valence-electron chi connectivity index (χ2n) is 7.25. The quantitative estimate of drug-likeness (QED) is 0.448. The number of anilines is 1. The number of aromatic nitrogens is 6. The van der Waals surface area contributed by atoms with E-state index in [0.717, 1.165) is 45.8 Å². The van der Waals surface area contributed by atoms with Crippen LogP contribution in [0.25, 0.3) is 22.3 Å². The van der Waals surface area contributed by atoms with Gasteiger partial charge in [-0.3, -0.25) is 9.78 Å². The van der Waals surface area contributed by atoms with Gasteiger partial charge in [0.05, 0.1) is 41.5 Å². The molecule has 4 aromatic heterocycles. The summed E-state index contributed by atoms with van der Waals surface area (Å²) in [6.07, 6.45) is 4.53. The molecule has 0 aliphatic rings. The zero-order valence-corrected chi connectivity index (χ0v) is 17.8. The highest BCUT2D eigenvalue weighted by Crippen LogP contribution is 2.35. The summed E-state index contributed by atoms with van der Waals surface area (Å²) < 4.78 is 7.82. The van der Waals surface area contributed by atoms with E-state index in [4.69, 9.17) is 14.8 Å². The van der Waals surface area contributed by atoms with Crippen molar-refractivity contribution in [1.82, 2.24) is 29.9 Å². The van der Waals surface area contributed by atoms with Crippen molar-refractivity contribution >= 4 is 16.7 Å². The van der Waals surface area contributed by atoms with Crippen LogP contribution in [-0.4, -0.2) is 36.6 Å². The van der Waals surface area contributed by atoms with Gasteiger partial charge in [-0.15, -0.1) is 0 Å². The molecule has 0 unspecified atom stereocenters. The molecule has 8 heteroatoms. The van der Waals surface area contributed by atoms with Gasteiger partial charge in [0, 0.05) is 18.4 Å². The van der Waals surface area contributed by atoms with E-state index >= 15 is 0 Å².